The van der Waals surface area contributed by atoms with Crippen molar-refractivity contribution in [2.75, 3.05) is 0 Å². The highest BCUT2D eigenvalue weighted by Gasteiger charge is 2.44. The first-order valence-electron chi connectivity index (χ1n) is 7.17. The predicted molar refractivity (Wildman–Crippen MR) is 75.3 cm³/mol. The standard InChI is InChI=1S/C15H20N2O4/c1-15(2,3)21-14(19)17-10-6-8-9(7-16-13(10)18)12-5-4-11(8)20-12/h4-5,7-8,10-12H,6H2,1-3H3,(H,16,18)(H,17,19)/t8-,10-,11-,12+/m1/s1. The van der Waals surface area contributed by atoms with Gasteiger partial charge in [-0.05, 0) is 32.8 Å². The molecule has 3 aliphatic rings. The molecule has 0 aliphatic carbocycles. The van der Waals surface area contributed by atoms with Crippen molar-refractivity contribution in [3.05, 3.63) is 23.9 Å². The summed E-state index contributed by atoms with van der Waals surface area (Å²) in [6.45, 7) is 5.36. The summed E-state index contributed by atoms with van der Waals surface area (Å²) in [7, 11) is 0. The van der Waals surface area contributed by atoms with Gasteiger partial charge in [-0.3, -0.25) is 4.79 Å². The summed E-state index contributed by atoms with van der Waals surface area (Å²) in [6.07, 6.45) is 5.64. The number of ether oxygens (including phenoxy) is 2. The van der Waals surface area contributed by atoms with Gasteiger partial charge in [0.15, 0.2) is 0 Å². The molecule has 1 fully saturated rings. The smallest absolute Gasteiger partial charge is 0.408 e. The number of nitrogens with one attached hydrogen (secondary N) is 2. The van der Waals surface area contributed by atoms with E-state index in [4.69, 9.17) is 9.47 Å². The average Bonchev–Trinajstić information content (AvgIpc) is 2.90. The Balaban J connectivity index is 1.68. The molecule has 6 heteroatoms. The fourth-order valence-electron chi connectivity index (χ4n) is 2.94. The zero-order chi connectivity index (χ0) is 15.2. The Hall–Kier alpha value is -1.82. The van der Waals surface area contributed by atoms with Gasteiger partial charge in [0.05, 0.1) is 12.2 Å². The van der Waals surface area contributed by atoms with Crippen molar-refractivity contribution in [3.63, 3.8) is 0 Å². The van der Waals surface area contributed by atoms with Gasteiger partial charge in [-0.25, -0.2) is 4.79 Å². The van der Waals surface area contributed by atoms with Gasteiger partial charge in [-0.15, -0.1) is 0 Å². The molecule has 3 heterocycles. The molecule has 0 unspecified atom stereocenters. The molecular weight excluding hydrogens is 272 g/mol. The molecule has 6 nitrogen and oxygen atoms in total. The highest BCUT2D eigenvalue weighted by atomic mass is 16.6. The van der Waals surface area contributed by atoms with Crippen LogP contribution in [0.4, 0.5) is 4.79 Å². The van der Waals surface area contributed by atoms with Crippen LogP contribution in [0.2, 0.25) is 0 Å². The Morgan fingerprint density at radius 2 is 2.19 bits per heavy atom. The van der Waals surface area contributed by atoms with Crippen LogP contribution in [-0.2, 0) is 14.3 Å². The van der Waals surface area contributed by atoms with Crippen LogP contribution in [0, 0.1) is 5.92 Å². The van der Waals surface area contributed by atoms with Crippen LogP contribution in [0.3, 0.4) is 0 Å². The fraction of sp³-hybridized carbons (Fsp3) is 0.600. The summed E-state index contributed by atoms with van der Waals surface area (Å²) in [4.78, 5) is 24.0. The first kappa shape index (κ1) is 14.1. The molecule has 3 aliphatic heterocycles. The molecule has 4 atom stereocenters. The van der Waals surface area contributed by atoms with Crippen LogP contribution in [0.25, 0.3) is 0 Å². The molecule has 1 saturated heterocycles. The van der Waals surface area contributed by atoms with Crippen molar-refractivity contribution < 1.29 is 19.1 Å². The normalized spacial score (nSPS) is 33.9. The number of rotatable bonds is 1. The minimum absolute atomic E-state index is 0.00288. The van der Waals surface area contributed by atoms with Crippen molar-refractivity contribution in [2.45, 2.75) is 51.0 Å². The molecular formula is C15H20N2O4. The molecule has 0 aromatic rings. The van der Waals surface area contributed by atoms with Crippen molar-refractivity contribution in [3.8, 4) is 0 Å². The Bertz CT molecular complexity index is 532. The molecule has 0 spiro atoms. The summed E-state index contributed by atoms with van der Waals surface area (Å²) < 4.78 is 11.0. The monoisotopic (exact) mass is 292 g/mol. The summed E-state index contributed by atoms with van der Waals surface area (Å²) in [5, 5.41) is 5.39. The van der Waals surface area contributed by atoms with E-state index in [0.29, 0.717) is 6.42 Å². The van der Waals surface area contributed by atoms with Crippen LogP contribution in [-0.4, -0.2) is 35.9 Å². The van der Waals surface area contributed by atoms with Crippen LogP contribution in [0.1, 0.15) is 27.2 Å². The predicted octanol–water partition coefficient (Wildman–Crippen LogP) is 1.24. The molecule has 3 rings (SSSR count). The highest BCUT2D eigenvalue weighted by molar-refractivity contribution is 5.87. The molecule has 2 amide bonds. The van der Waals surface area contributed by atoms with Gasteiger partial charge in [0.1, 0.15) is 11.6 Å². The van der Waals surface area contributed by atoms with Crippen molar-refractivity contribution in [1.82, 2.24) is 10.6 Å². The topological polar surface area (TPSA) is 76.7 Å². The number of carbonyl (C=O) groups is 2. The zero-order valence-corrected chi connectivity index (χ0v) is 12.4. The number of hydrogen-bond acceptors (Lipinski definition) is 4. The molecule has 2 bridgehead atoms. The Morgan fingerprint density at radius 3 is 2.90 bits per heavy atom. The third kappa shape index (κ3) is 2.81. The molecule has 21 heavy (non-hydrogen) atoms. The van der Waals surface area contributed by atoms with Crippen LogP contribution in [0.5, 0.6) is 0 Å². The number of alkyl carbamates (subject to hydrolysis) is 1. The van der Waals surface area contributed by atoms with Crippen LogP contribution < -0.4 is 10.6 Å². The third-order valence-electron chi connectivity index (χ3n) is 3.81. The first-order valence-corrected chi connectivity index (χ1v) is 7.17. The Labute approximate surface area is 123 Å². The second-order valence-electron chi connectivity index (χ2n) is 6.60. The summed E-state index contributed by atoms with van der Waals surface area (Å²) in [6, 6.07) is -0.616. The lowest BCUT2D eigenvalue weighted by atomic mass is 9.85. The Morgan fingerprint density at radius 1 is 1.43 bits per heavy atom. The van der Waals surface area contributed by atoms with Crippen LogP contribution >= 0.6 is 0 Å². The largest absolute Gasteiger partial charge is 0.444 e. The van der Waals surface area contributed by atoms with E-state index in [1.807, 2.05) is 12.2 Å². The lowest BCUT2D eigenvalue weighted by Crippen LogP contribution is -2.47. The van der Waals surface area contributed by atoms with E-state index < -0.39 is 17.7 Å². The van der Waals surface area contributed by atoms with E-state index in [0.717, 1.165) is 5.57 Å². The van der Waals surface area contributed by atoms with Gasteiger partial charge in [-0.2, -0.15) is 0 Å². The average molecular weight is 292 g/mol. The first-order chi connectivity index (χ1) is 9.83. The van der Waals surface area contributed by atoms with E-state index in [2.05, 4.69) is 10.6 Å². The maximum atomic E-state index is 12.1. The van der Waals surface area contributed by atoms with E-state index in [1.54, 1.807) is 27.0 Å². The van der Waals surface area contributed by atoms with Gasteiger partial charge in [-0.1, -0.05) is 12.2 Å². The summed E-state index contributed by atoms with van der Waals surface area (Å²) in [5.74, 6) is -0.0963. The van der Waals surface area contributed by atoms with Gasteiger partial charge in [0, 0.05) is 12.1 Å². The maximum absolute atomic E-state index is 12.1. The SMILES string of the molecule is CC(C)(C)OC(=O)N[C@@H]1C[C@@H]2C(=CNC1=O)[C@@H]1C=C[C@H]2O1. The molecule has 0 saturated carbocycles. The van der Waals surface area contributed by atoms with Gasteiger partial charge < -0.3 is 20.1 Å². The number of carbonyl (C=O) groups excluding carboxylic acids is 2. The minimum Gasteiger partial charge on any atom is -0.444 e. The van der Waals surface area contributed by atoms with Crippen molar-refractivity contribution in [2.24, 2.45) is 5.92 Å². The highest BCUT2D eigenvalue weighted by Crippen LogP contribution is 2.41. The van der Waals surface area contributed by atoms with Gasteiger partial charge in [0.2, 0.25) is 5.91 Å². The number of amides is 2. The quantitative estimate of drug-likeness (QED) is 0.713. The third-order valence-corrected chi connectivity index (χ3v) is 3.81. The van der Waals surface area contributed by atoms with Gasteiger partial charge in [0.25, 0.3) is 0 Å². The summed E-state index contributed by atoms with van der Waals surface area (Å²) in [5.41, 5.74) is 0.483. The molecule has 0 aromatic carbocycles. The number of fused-ring (bicyclic) bond motifs is 5. The molecule has 2 N–H and O–H groups in total. The van der Waals surface area contributed by atoms with E-state index in [-0.39, 0.29) is 24.0 Å². The lowest BCUT2D eigenvalue weighted by molar-refractivity contribution is -0.122. The molecule has 0 radical (unpaired) electrons. The van der Waals surface area contributed by atoms with Crippen LogP contribution in [0.15, 0.2) is 23.9 Å². The van der Waals surface area contributed by atoms with E-state index in [1.165, 1.54) is 0 Å². The fourth-order valence-corrected chi connectivity index (χ4v) is 2.94. The lowest BCUT2D eigenvalue weighted by Gasteiger charge is -2.24. The second-order valence-corrected chi connectivity index (χ2v) is 6.60. The maximum Gasteiger partial charge on any atom is 0.408 e. The minimum atomic E-state index is -0.616. The number of hydrogen-bond donors (Lipinski definition) is 2. The van der Waals surface area contributed by atoms with E-state index >= 15 is 0 Å². The second kappa shape index (κ2) is 4.87. The van der Waals surface area contributed by atoms with Crippen molar-refractivity contribution in [1.29, 1.82) is 0 Å². The van der Waals surface area contributed by atoms with E-state index in [9.17, 15) is 9.59 Å². The Kier molecular flexibility index (Phi) is 3.28. The molecule has 114 valence electrons. The van der Waals surface area contributed by atoms with Crippen molar-refractivity contribution >= 4 is 12.0 Å². The van der Waals surface area contributed by atoms with Gasteiger partial charge >= 0.3 is 6.09 Å². The molecule has 0 aromatic heterocycles. The zero-order valence-electron chi connectivity index (χ0n) is 12.4. The summed E-state index contributed by atoms with van der Waals surface area (Å²) >= 11 is 0.